The van der Waals surface area contributed by atoms with Gasteiger partial charge >= 0.3 is 6.18 Å². The molecule has 8 nitrogen and oxygen atoms in total. The Morgan fingerprint density at radius 3 is 2.37 bits per heavy atom. The maximum atomic E-state index is 13.8. The first-order valence-corrected chi connectivity index (χ1v) is 14.7. The van der Waals surface area contributed by atoms with Gasteiger partial charge in [0, 0.05) is 87.0 Å². The van der Waals surface area contributed by atoms with E-state index in [9.17, 15) is 18.0 Å². The maximum Gasteiger partial charge on any atom is 0.416 e. The number of ether oxygens (including phenoxy) is 2. The maximum absolute atomic E-state index is 13.8. The van der Waals surface area contributed by atoms with Gasteiger partial charge in [0.05, 0.1) is 25.4 Å². The third kappa shape index (κ3) is 7.70. The standard InChI is InChI=1S/C32H38F3N5O3/c1-4-43-31-29(40-9-11-42-12-10-40)18-25(19-37-31)28-17-26(20-36-22(28)2)30(41)16-23-13-24(15-27(14-23)32(33,34)35)21-39-7-5-38(3)6-8-39/h13-15,17-20H,4-12,16,21H2,1-3H3. The SMILES string of the molecule is CCOc1ncc(-c2cc(C(=O)Cc3cc(CN4CCN(C)CC4)cc(C(F)(F)F)c3)cnc2C)cc1N1CCOCC1. The van der Waals surface area contributed by atoms with Crippen molar-refractivity contribution in [3.8, 4) is 17.0 Å². The molecule has 0 atom stereocenters. The number of anilines is 1. The van der Waals surface area contributed by atoms with Crippen molar-refractivity contribution in [2.24, 2.45) is 0 Å². The lowest BCUT2D eigenvalue weighted by atomic mass is 9.97. The number of carbonyl (C=O) groups is 1. The van der Waals surface area contributed by atoms with E-state index in [-0.39, 0.29) is 12.2 Å². The summed E-state index contributed by atoms with van der Waals surface area (Å²) in [4.78, 5) is 29.0. The Bertz CT molecular complexity index is 1430. The number of hydrogen-bond donors (Lipinski definition) is 0. The highest BCUT2D eigenvalue weighted by molar-refractivity contribution is 5.98. The van der Waals surface area contributed by atoms with Crippen LogP contribution in [0, 0.1) is 6.92 Å². The van der Waals surface area contributed by atoms with E-state index in [1.807, 2.05) is 27.0 Å². The summed E-state index contributed by atoms with van der Waals surface area (Å²) in [5.41, 5.74) is 3.55. The van der Waals surface area contributed by atoms with Gasteiger partial charge in [0.15, 0.2) is 5.78 Å². The highest BCUT2D eigenvalue weighted by Gasteiger charge is 2.31. The molecule has 5 rings (SSSR count). The monoisotopic (exact) mass is 597 g/mol. The zero-order valence-corrected chi connectivity index (χ0v) is 24.9. The Hall–Kier alpha value is -3.54. The second-order valence-corrected chi connectivity index (χ2v) is 11.2. The number of halogens is 3. The molecule has 1 aromatic carbocycles. The molecule has 0 aliphatic carbocycles. The number of hydrogen-bond acceptors (Lipinski definition) is 8. The Kier molecular flexibility index (Phi) is 9.63. The summed E-state index contributed by atoms with van der Waals surface area (Å²) >= 11 is 0. The van der Waals surface area contributed by atoms with Crippen molar-refractivity contribution in [2.45, 2.75) is 33.0 Å². The normalized spacial score (nSPS) is 16.8. The van der Waals surface area contributed by atoms with Crippen LogP contribution in [-0.2, 0) is 23.9 Å². The molecule has 0 amide bonds. The van der Waals surface area contributed by atoms with Crippen molar-refractivity contribution in [1.82, 2.24) is 19.8 Å². The number of benzene rings is 1. The minimum Gasteiger partial charge on any atom is -0.476 e. The van der Waals surface area contributed by atoms with Crippen molar-refractivity contribution >= 4 is 11.5 Å². The van der Waals surface area contributed by atoms with Crippen molar-refractivity contribution in [2.75, 3.05) is 71.0 Å². The van der Waals surface area contributed by atoms with Gasteiger partial charge in [0.2, 0.25) is 5.88 Å². The number of likely N-dealkylation sites (N-methyl/N-ethyl adjacent to an activating group) is 1. The molecule has 230 valence electrons. The molecule has 0 bridgehead atoms. The van der Waals surface area contributed by atoms with Crippen LogP contribution in [0.15, 0.2) is 42.7 Å². The smallest absolute Gasteiger partial charge is 0.416 e. The lowest BCUT2D eigenvalue weighted by Crippen LogP contribution is -2.43. The van der Waals surface area contributed by atoms with Crippen LogP contribution in [0.1, 0.15) is 39.7 Å². The largest absolute Gasteiger partial charge is 0.476 e. The first-order chi connectivity index (χ1) is 20.6. The zero-order chi connectivity index (χ0) is 30.6. The van der Waals surface area contributed by atoms with Crippen LogP contribution in [0.3, 0.4) is 0 Å². The molecule has 0 unspecified atom stereocenters. The van der Waals surface area contributed by atoms with Gasteiger partial charge in [-0.05, 0) is 56.3 Å². The first kappa shape index (κ1) is 30.9. The van der Waals surface area contributed by atoms with Crippen LogP contribution in [0.25, 0.3) is 11.1 Å². The van der Waals surface area contributed by atoms with Crippen LogP contribution in [0.4, 0.5) is 18.9 Å². The first-order valence-electron chi connectivity index (χ1n) is 14.7. The number of rotatable bonds is 9. The topological polar surface area (TPSA) is 71.0 Å². The van der Waals surface area contributed by atoms with Gasteiger partial charge in [-0.1, -0.05) is 6.07 Å². The number of morpholine rings is 1. The van der Waals surface area contributed by atoms with Gasteiger partial charge in [0.1, 0.15) is 5.69 Å². The summed E-state index contributed by atoms with van der Waals surface area (Å²) in [5, 5.41) is 0. The number of carbonyl (C=O) groups excluding carboxylic acids is 1. The molecule has 0 saturated carbocycles. The summed E-state index contributed by atoms with van der Waals surface area (Å²) in [6.07, 6.45) is -1.48. The number of alkyl halides is 3. The average molecular weight is 598 g/mol. The molecule has 2 aliphatic heterocycles. The van der Waals surface area contributed by atoms with Gasteiger partial charge in [-0.25, -0.2) is 4.98 Å². The molecule has 0 radical (unpaired) electrons. The van der Waals surface area contributed by atoms with Crippen LogP contribution < -0.4 is 9.64 Å². The molecule has 3 aromatic rings. The summed E-state index contributed by atoms with van der Waals surface area (Å²) in [5.74, 6) is 0.230. The minimum atomic E-state index is -4.51. The van der Waals surface area contributed by atoms with Crippen molar-refractivity contribution < 1.29 is 27.4 Å². The Labute approximate surface area is 250 Å². The third-order valence-corrected chi connectivity index (χ3v) is 7.93. The van der Waals surface area contributed by atoms with E-state index in [4.69, 9.17) is 9.47 Å². The Morgan fingerprint density at radius 1 is 0.953 bits per heavy atom. The Morgan fingerprint density at radius 2 is 1.67 bits per heavy atom. The summed E-state index contributed by atoms with van der Waals surface area (Å²) in [6.45, 7) is 10.6. The molecule has 0 spiro atoms. The van der Waals surface area contributed by atoms with Gasteiger partial charge in [0.25, 0.3) is 0 Å². The summed E-state index contributed by atoms with van der Waals surface area (Å²) in [6, 6.07) is 7.74. The highest BCUT2D eigenvalue weighted by atomic mass is 19.4. The van der Waals surface area contributed by atoms with Crippen LogP contribution in [-0.4, -0.2) is 91.7 Å². The number of nitrogens with zero attached hydrogens (tertiary/aromatic N) is 5. The van der Waals surface area contributed by atoms with Gasteiger partial charge in [-0.2, -0.15) is 13.2 Å². The predicted molar refractivity (Wildman–Crippen MR) is 159 cm³/mol. The van der Waals surface area contributed by atoms with Gasteiger partial charge in [-0.15, -0.1) is 0 Å². The van der Waals surface area contributed by atoms with E-state index in [0.29, 0.717) is 67.7 Å². The van der Waals surface area contributed by atoms with E-state index in [1.54, 1.807) is 18.3 Å². The average Bonchev–Trinajstić information content (AvgIpc) is 2.99. The number of ketones is 1. The molecule has 0 N–H and O–H groups in total. The molecule has 2 saturated heterocycles. The van der Waals surface area contributed by atoms with E-state index in [1.165, 1.54) is 12.3 Å². The second-order valence-electron chi connectivity index (χ2n) is 11.2. The summed E-state index contributed by atoms with van der Waals surface area (Å²) < 4.78 is 52.8. The lowest BCUT2D eigenvalue weighted by molar-refractivity contribution is -0.137. The quantitative estimate of drug-likeness (QED) is 0.324. The zero-order valence-electron chi connectivity index (χ0n) is 24.9. The number of piperazine rings is 1. The van der Waals surface area contributed by atoms with E-state index in [0.717, 1.165) is 49.1 Å². The van der Waals surface area contributed by atoms with Crippen molar-refractivity contribution in [3.05, 3.63) is 70.7 Å². The van der Waals surface area contributed by atoms with Crippen LogP contribution >= 0.6 is 0 Å². The Balaban J connectivity index is 1.41. The van der Waals surface area contributed by atoms with E-state index >= 15 is 0 Å². The molecular formula is C32H38F3N5O3. The molecule has 2 aliphatic rings. The number of pyridine rings is 2. The van der Waals surface area contributed by atoms with Crippen LogP contribution in [0.5, 0.6) is 5.88 Å². The number of Topliss-reactive ketones (excluding diaryl/α,β-unsaturated/α-hetero) is 1. The molecule has 11 heteroatoms. The molecule has 2 aromatic heterocycles. The molecule has 43 heavy (non-hydrogen) atoms. The van der Waals surface area contributed by atoms with E-state index < -0.39 is 11.7 Å². The third-order valence-electron chi connectivity index (χ3n) is 7.93. The fraction of sp³-hybridized carbons (Fsp3) is 0.469. The van der Waals surface area contributed by atoms with Crippen molar-refractivity contribution in [1.29, 1.82) is 0 Å². The second kappa shape index (κ2) is 13.4. The number of aryl methyl sites for hydroxylation is 1. The minimum absolute atomic E-state index is 0.162. The van der Waals surface area contributed by atoms with Crippen molar-refractivity contribution in [3.63, 3.8) is 0 Å². The highest BCUT2D eigenvalue weighted by Crippen LogP contribution is 2.34. The van der Waals surface area contributed by atoms with Crippen LogP contribution in [0.2, 0.25) is 0 Å². The number of aromatic nitrogens is 2. The summed E-state index contributed by atoms with van der Waals surface area (Å²) in [7, 11) is 2.03. The lowest BCUT2D eigenvalue weighted by Gasteiger charge is -2.32. The fourth-order valence-electron chi connectivity index (χ4n) is 5.52. The van der Waals surface area contributed by atoms with Gasteiger partial charge in [-0.3, -0.25) is 14.7 Å². The fourth-order valence-corrected chi connectivity index (χ4v) is 5.52. The molecular weight excluding hydrogens is 559 g/mol. The van der Waals surface area contributed by atoms with Gasteiger partial charge < -0.3 is 19.3 Å². The van der Waals surface area contributed by atoms with E-state index in [2.05, 4.69) is 24.7 Å². The molecule has 4 heterocycles. The molecule has 2 fully saturated rings. The predicted octanol–water partition coefficient (Wildman–Crippen LogP) is 4.88.